The standard InChI is InChI=1S/C23H18F2N2O4/c1-2-30-23(29)22-16-8-7-15(12-20(16)27-10-4-3-5-19(22)27)31-13-21(28)26-18-9-6-14(24)11-17(18)25/h3-12H,2,13H2,1H3,(H,26,28). The van der Waals surface area contributed by atoms with Crippen molar-refractivity contribution >= 4 is 34.0 Å². The lowest BCUT2D eigenvalue weighted by atomic mass is 10.1. The van der Waals surface area contributed by atoms with Gasteiger partial charge in [0.25, 0.3) is 5.91 Å². The maximum atomic E-state index is 13.7. The Hall–Kier alpha value is -3.94. The van der Waals surface area contributed by atoms with Crippen molar-refractivity contribution in [2.24, 2.45) is 0 Å². The number of hydrogen-bond donors (Lipinski definition) is 1. The normalized spacial score (nSPS) is 10.9. The molecule has 0 atom stereocenters. The lowest BCUT2D eigenvalue weighted by Crippen LogP contribution is -2.20. The van der Waals surface area contributed by atoms with Gasteiger partial charge in [-0.3, -0.25) is 4.79 Å². The Morgan fingerprint density at radius 1 is 1.03 bits per heavy atom. The largest absolute Gasteiger partial charge is 0.484 e. The Balaban J connectivity index is 1.57. The van der Waals surface area contributed by atoms with Crippen molar-refractivity contribution in [1.29, 1.82) is 0 Å². The average Bonchev–Trinajstić information content (AvgIpc) is 3.08. The molecule has 0 aliphatic rings. The number of ether oxygens (including phenoxy) is 2. The fourth-order valence-corrected chi connectivity index (χ4v) is 3.35. The zero-order valence-electron chi connectivity index (χ0n) is 16.5. The fourth-order valence-electron chi connectivity index (χ4n) is 3.35. The first-order valence-electron chi connectivity index (χ1n) is 9.55. The number of anilines is 1. The van der Waals surface area contributed by atoms with E-state index in [0.29, 0.717) is 33.8 Å². The van der Waals surface area contributed by atoms with E-state index < -0.39 is 23.5 Å². The third-order valence-corrected chi connectivity index (χ3v) is 4.67. The van der Waals surface area contributed by atoms with E-state index in [-0.39, 0.29) is 18.9 Å². The lowest BCUT2D eigenvalue weighted by Gasteiger charge is -2.09. The third kappa shape index (κ3) is 4.05. The number of fused-ring (bicyclic) bond motifs is 3. The average molecular weight is 424 g/mol. The van der Waals surface area contributed by atoms with Crippen LogP contribution in [0.4, 0.5) is 14.5 Å². The van der Waals surface area contributed by atoms with E-state index in [2.05, 4.69) is 5.32 Å². The number of carbonyl (C=O) groups excluding carboxylic acids is 2. The molecule has 0 unspecified atom stereocenters. The highest BCUT2D eigenvalue weighted by Crippen LogP contribution is 2.30. The first-order chi connectivity index (χ1) is 15.0. The minimum absolute atomic E-state index is 0.137. The van der Waals surface area contributed by atoms with Gasteiger partial charge in [0.1, 0.15) is 17.4 Å². The number of nitrogens with one attached hydrogen (secondary N) is 1. The molecule has 0 bridgehead atoms. The second kappa shape index (κ2) is 8.43. The molecule has 0 saturated heterocycles. The van der Waals surface area contributed by atoms with E-state index in [1.54, 1.807) is 25.1 Å². The Labute approximate surface area is 176 Å². The molecule has 6 nitrogen and oxygen atoms in total. The Morgan fingerprint density at radius 2 is 1.87 bits per heavy atom. The molecular weight excluding hydrogens is 406 g/mol. The van der Waals surface area contributed by atoms with E-state index in [9.17, 15) is 18.4 Å². The molecule has 31 heavy (non-hydrogen) atoms. The van der Waals surface area contributed by atoms with Crippen molar-refractivity contribution in [3.05, 3.63) is 78.0 Å². The summed E-state index contributed by atoms with van der Waals surface area (Å²) >= 11 is 0. The number of halogens is 2. The van der Waals surface area contributed by atoms with Gasteiger partial charge in [-0.2, -0.15) is 0 Å². The monoisotopic (exact) mass is 424 g/mol. The molecule has 1 amide bonds. The Morgan fingerprint density at radius 3 is 2.65 bits per heavy atom. The number of pyridine rings is 1. The summed E-state index contributed by atoms with van der Waals surface area (Å²) in [4.78, 5) is 24.6. The van der Waals surface area contributed by atoms with Gasteiger partial charge in [-0.15, -0.1) is 0 Å². The van der Waals surface area contributed by atoms with Crippen LogP contribution in [0.2, 0.25) is 0 Å². The highest BCUT2D eigenvalue weighted by Gasteiger charge is 2.19. The van der Waals surface area contributed by atoms with Crippen LogP contribution in [-0.2, 0) is 9.53 Å². The number of benzene rings is 2. The van der Waals surface area contributed by atoms with E-state index in [1.807, 2.05) is 28.8 Å². The summed E-state index contributed by atoms with van der Waals surface area (Å²) in [5, 5.41) is 3.03. The minimum atomic E-state index is -0.874. The van der Waals surface area contributed by atoms with Crippen LogP contribution in [0.5, 0.6) is 5.75 Å². The van der Waals surface area contributed by atoms with E-state index in [1.165, 1.54) is 0 Å². The van der Waals surface area contributed by atoms with Gasteiger partial charge < -0.3 is 19.2 Å². The van der Waals surface area contributed by atoms with Crippen LogP contribution < -0.4 is 10.1 Å². The number of nitrogens with zero attached hydrogens (tertiary/aromatic N) is 1. The molecule has 8 heteroatoms. The van der Waals surface area contributed by atoms with Gasteiger partial charge in [-0.1, -0.05) is 6.07 Å². The van der Waals surface area contributed by atoms with Crippen LogP contribution in [0.25, 0.3) is 16.4 Å². The highest BCUT2D eigenvalue weighted by molar-refractivity contribution is 6.12. The molecule has 2 aromatic heterocycles. The van der Waals surface area contributed by atoms with Crippen LogP contribution >= 0.6 is 0 Å². The van der Waals surface area contributed by atoms with Crippen LogP contribution in [-0.4, -0.2) is 29.5 Å². The van der Waals surface area contributed by atoms with Gasteiger partial charge in [-0.25, -0.2) is 13.6 Å². The van der Waals surface area contributed by atoms with Crippen molar-refractivity contribution < 1.29 is 27.8 Å². The summed E-state index contributed by atoms with van der Waals surface area (Å²) in [6.07, 6.45) is 1.81. The molecular formula is C23H18F2N2O4. The van der Waals surface area contributed by atoms with Gasteiger partial charge in [0.05, 0.1) is 28.9 Å². The van der Waals surface area contributed by atoms with E-state index in [0.717, 1.165) is 12.1 Å². The molecule has 0 spiro atoms. The molecule has 4 rings (SSSR count). The molecule has 0 saturated carbocycles. The number of esters is 1. The maximum absolute atomic E-state index is 13.7. The van der Waals surface area contributed by atoms with Gasteiger partial charge in [0.2, 0.25) is 0 Å². The maximum Gasteiger partial charge on any atom is 0.340 e. The number of carbonyl (C=O) groups is 2. The van der Waals surface area contributed by atoms with Gasteiger partial charge in [-0.05, 0) is 43.3 Å². The van der Waals surface area contributed by atoms with Crippen LogP contribution in [0.1, 0.15) is 17.3 Å². The number of amides is 1. The van der Waals surface area contributed by atoms with Crippen molar-refractivity contribution in [1.82, 2.24) is 4.40 Å². The van der Waals surface area contributed by atoms with Crippen molar-refractivity contribution in [3.8, 4) is 5.75 Å². The third-order valence-electron chi connectivity index (χ3n) is 4.67. The second-order valence-corrected chi connectivity index (χ2v) is 6.69. The molecule has 0 aliphatic heterocycles. The number of rotatable bonds is 6. The number of aromatic nitrogens is 1. The van der Waals surface area contributed by atoms with Crippen LogP contribution in [0.15, 0.2) is 60.8 Å². The van der Waals surface area contributed by atoms with Crippen LogP contribution in [0, 0.1) is 11.6 Å². The zero-order valence-corrected chi connectivity index (χ0v) is 16.5. The lowest BCUT2D eigenvalue weighted by molar-refractivity contribution is -0.118. The molecule has 1 N–H and O–H groups in total. The summed E-state index contributed by atoms with van der Waals surface area (Å²) in [5.41, 5.74) is 1.72. The van der Waals surface area contributed by atoms with Crippen LogP contribution in [0.3, 0.4) is 0 Å². The first-order valence-corrected chi connectivity index (χ1v) is 9.55. The molecule has 158 valence electrons. The van der Waals surface area contributed by atoms with E-state index in [4.69, 9.17) is 9.47 Å². The molecule has 4 aromatic rings. The summed E-state index contributed by atoms with van der Waals surface area (Å²) < 4.78 is 39.2. The summed E-state index contributed by atoms with van der Waals surface area (Å²) in [6, 6.07) is 13.4. The smallest absolute Gasteiger partial charge is 0.340 e. The predicted octanol–water partition coefficient (Wildman–Crippen LogP) is 4.56. The van der Waals surface area contributed by atoms with Crippen molar-refractivity contribution in [2.75, 3.05) is 18.5 Å². The van der Waals surface area contributed by atoms with Gasteiger partial charge >= 0.3 is 5.97 Å². The summed E-state index contributed by atoms with van der Waals surface area (Å²) in [7, 11) is 0. The number of hydrogen-bond acceptors (Lipinski definition) is 4. The fraction of sp³-hybridized carbons (Fsp3) is 0.130. The predicted molar refractivity (Wildman–Crippen MR) is 111 cm³/mol. The summed E-state index contributed by atoms with van der Waals surface area (Å²) in [5.74, 6) is -2.24. The second-order valence-electron chi connectivity index (χ2n) is 6.69. The first kappa shape index (κ1) is 20.3. The SMILES string of the molecule is CCOC(=O)c1c2ccc(OCC(=O)Nc3ccc(F)cc3F)cc2n2ccccc12. The summed E-state index contributed by atoms with van der Waals surface area (Å²) in [6.45, 7) is 1.62. The molecule has 0 radical (unpaired) electrons. The minimum Gasteiger partial charge on any atom is -0.484 e. The molecule has 0 fully saturated rings. The molecule has 2 heterocycles. The Bertz CT molecular complexity index is 1300. The van der Waals surface area contributed by atoms with E-state index >= 15 is 0 Å². The zero-order chi connectivity index (χ0) is 22.0. The van der Waals surface area contributed by atoms with Gasteiger partial charge in [0, 0.05) is 23.7 Å². The quantitative estimate of drug-likeness (QED) is 0.461. The highest BCUT2D eigenvalue weighted by atomic mass is 19.1. The van der Waals surface area contributed by atoms with Gasteiger partial charge in [0.15, 0.2) is 6.61 Å². The Kier molecular flexibility index (Phi) is 5.53. The molecule has 2 aromatic carbocycles. The topological polar surface area (TPSA) is 69.0 Å². The van der Waals surface area contributed by atoms with Crippen molar-refractivity contribution in [3.63, 3.8) is 0 Å². The molecule has 0 aliphatic carbocycles. The van der Waals surface area contributed by atoms with Crippen molar-refractivity contribution in [2.45, 2.75) is 6.92 Å².